The summed E-state index contributed by atoms with van der Waals surface area (Å²) < 4.78 is 0. The van der Waals surface area contributed by atoms with Crippen molar-refractivity contribution in [2.24, 2.45) is 0 Å². The lowest BCUT2D eigenvalue weighted by Gasteiger charge is -2.14. The third-order valence-corrected chi connectivity index (χ3v) is 3.72. The zero-order valence-electron chi connectivity index (χ0n) is 13.5. The Bertz CT molecular complexity index is 709. The Labute approximate surface area is 131 Å². The molecule has 3 nitrogen and oxygen atoms in total. The average Bonchev–Trinajstić information content (AvgIpc) is 2.41. The Hall–Kier alpha value is -2.42. The number of carbonyl (C=O) groups is 2. The first-order valence-corrected chi connectivity index (χ1v) is 7.34. The molecule has 0 aromatic heterocycles. The Morgan fingerprint density at radius 2 is 1.64 bits per heavy atom. The Balaban J connectivity index is 2.36. The van der Waals surface area contributed by atoms with Crippen molar-refractivity contribution in [1.82, 2.24) is 0 Å². The largest absolute Gasteiger partial charge is 0.322 e. The van der Waals surface area contributed by atoms with Gasteiger partial charge in [-0.3, -0.25) is 4.79 Å². The molecule has 114 valence electrons. The highest BCUT2D eigenvalue weighted by Gasteiger charge is 2.14. The van der Waals surface area contributed by atoms with Gasteiger partial charge in [-0.25, -0.2) is 0 Å². The van der Waals surface area contributed by atoms with Gasteiger partial charge in [0.25, 0.3) is 5.91 Å². The summed E-state index contributed by atoms with van der Waals surface area (Å²) in [6.07, 6.45) is 1.15. The molecule has 2 aromatic rings. The summed E-state index contributed by atoms with van der Waals surface area (Å²) in [7, 11) is 0. The molecular formula is C19H21NO2. The van der Waals surface area contributed by atoms with Gasteiger partial charge in [-0.1, -0.05) is 35.4 Å². The van der Waals surface area contributed by atoms with Crippen LogP contribution in [0.25, 0.3) is 0 Å². The van der Waals surface area contributed by atoms with Gasteiger partial charge in [-0.05, 0) is 50.5 Å². The molecule has 0 fully saturated rings. The molecule has 0 heterocycles. The molecule has 0 aliphatic rings. The van der Waals surface area contributed by atoms with Crippen LogP contribution in [-0.2, 0) is 11.2 Å². The van der Waals surface area contributed by atoms with Gasteiger partial charge in [0, 0.05) is 17.7 Å². The number of hydrogen-bond donors (Lipinski definition) is 1. The van der Waals surface area contributed by atoms with E-state index in [1.165, 1.54) is 0 Å². The van der Waals surface area contributed by atoms with Crippen LogP contribution in [0.15, 0.2) is 30.3 Å². The van der Waals surface area contributed by atoms with Crippen molar-refractivity contribution < 1.29 is 9.59 Å². The maximum Gasteiger partial charge on any atom is 0.256 e. The summed E-state index contributed by atoms with van der Waals surface area (Å²) >= 11 is 0. The van der Waals surface area contributed by atoms with E-state index in [0.29, 0.717) is 17.7 Å². The standard InChI is InChI=1S/C19H21NO2/c1-12-5-6-17(16(11-12)7-8-21)20-19(22)18-14(3)9-13(2)10-15(18)4/h5-6,8-11H,7H2,1-4H3,(H,20,22). The van der Waals surface area contributed by atoms with Crippen molar-refractivity contribution in [3.63, 3.8) is 0 Å². The van der Waals surface area contributed by atoms with E-state index in [2.05, 4.69) is 5.32 Å². The van der Waals surface area contributed by atoms with Crippen LogP contribution in [0.2, 0.25) is 0 Å². The number of rotatable bonds is 4. The van der Waals surface area contributed by atoms with Gasteiger partial charge >= 0.3 is 0 Å². The van der Waals surface area contributed by atoms with Crippen molar-refractivity contribution >= 4 is 17.9 Å². The molecule has 0 unspecified atom stereocenters. The van der Waals surface area contributed by atoms with Crippen LogP contribution in [0.5, 0.6) is 0 Å². The Morgan fingerprint density at radius 3 is 2.23 bits per heavy atom. The molecular weight excluding hydrogens is 274 g/mol. The van der Waals surface area contributed by atoms with Crippen molar-refractivity contribution in [2.45, 2.75) is 34.1 Å². The molecule has 0 radical (unpaired) electrons. The van der Waals surface area contributed by atoms with E-state index in [4.69, 9.17) is 0 Å². The normalized spacial score (nSPS) is 10.4. The molecule has 0 spiro atoms. The number of anilines is 1. The number of benzene rings is 2. The molecule has 3 heteroatoms. The van der Waals surface area contributed by atoms with Crippen LogP contribution in [0.3, 0.4) is 0 Å². The monoisotopic (exact) mass is 295 g/mol. The first-order valence-electron chi connectivity index (χ1n) is 7.34. The number of hydrogen-bond acceptors (Lipinski definition) is 2. The van der Waals surface area contributed by atoms with Crippen molar-refractivity contribution in [3.8, 4) is 0 Å². The highest BCUT2D eigenvalue weighted by Crippen LogP contribution is 2.21. The van der Waals surface area contributed by atoms with Crippen LogP contribution in [0.1, 0.15) is 38.2 Å². The van der Waals surface area contributed by atoms with Crippen LogP contribution in [0, 0.1) is 27.7 Å². The smallest absolute Gasteiger partial charge is 0.256 e. The lowest BCUT2D eigenvalue weighted by Crippen LogP contribution is -2.16. The van der Waals surface area contributed by atoms with Crippen LogP contribution in [0.4, 0.5) is 5.69 Å². The first-order chi connectivity index (χ1) is 10.4. The minimum atomic E-state index is -0.133. The van der Waals surface area contributed by atoms with Gasteiger partial charge in [0.05, 0.1) is 0 Å². The Kier molecular flexibility index (Phi) is 4.76. The number of carbonyl (C=O) groups excluding carboxylic acids is 2. The fourth-order valence-corrected chi connectivity index (χ4v) is 2.83. The Morgan fingerprint density at radius 1 is 1.00 bits per heavy atom. The quantitative estimate of drug-likeness (QED) is 0.869. The third kappa shape index (κ3) is 3.42. The van der Waals surface area contributed by atoms with Gasteiger partial charge in [0.1, 0.15) is 6.29 Å². The molecule has 0 saturated heterocycles. The molecule has 2 rings (SSSR count). The zero-order chi connectivity index (χ0) is 16.3. The molecule has 0 bridgehead atoms. The van der Waals surface area contributed by atoms with E-state index < -0.39 is 0 Å². The zero-order valence-corrected chi connectivity index (χ0v) is 13.5. The summed E-state index contributed by atoms with van der Waals surface area (Å²) in [6.45, 7) is 7.87. The van der Waals surface area contributed by atoms with Crippen LogP contribution < -0.4 is 5.32 Å². The molecule has 0 aliphatic heterocycles. The molecule has 0 aliphatic carbocycles. The molecule has 1 amide bonds. The lowest BCUT2D eigenvalue weighted by molar-refractivity contribution is -0.107. The van der Waals surface area contributed by atoms with Crippen LogP contribution >= 0.6 is 0 Å². The summed E-state index contributed by atoms with van der Waals surface area (Å²) in [4.78, 5) is 23.4. The average molecular weight is 295 g/mol. The minimum Gasteiger partial charge on any atom is -0.322 e. The molecule has 2 aromatic carbocycles. The van der Waals surface area contributed by atoms with Crippen molar-refractivity contribution in [1.29, 1.82) is 0 Å². The van der Waals surface area contributed by atoms with Gasteiger partial charge in [0.15, 0.2) is 0 Å². The fraction of sp³-hybridized carbons (Fsp3) is 0.263. The van der Waals surface area contributed by atoms with Gasteiger partial charge < -0.3 is 10.1 Å². The molecule has 22 heavy (non-hydrogen) atoms. The molecule has 1 N–H and O–H groups in total. The van der Waals surface area contributed by atoms with Gasteiger partial charge in [0.2, 0.25) is 0 Å². The third-order valence-electron chi connectivity index (χ3n) is 3.72. The summed E-state index contributed by atoms with van der Waals surface area (Å²) in [6, 6.07) is 9.72. The summed E-state index contributed by atoms with van der Waals surface area (Å²) in [5, 5.41) is 2.94. The predicted octanol–water partition coefficient (Wildman–Crippen LogP) is 3.91. The summed E-state index contributed by atoms with van der Waals surface area (Å²) in [5.74, 6) is -0.133. The van der Waals surface area contributed by atoms with Crippen LogP contribution in [-0.4, -0.2) is 12.2 Å². The second-order valence-electron chi connectivity index (χ2n) is 5.76. The number of aldehydes is 1. The molecule has 0 saturated carbocycles. The lowest BCUT2D eigenvalue weighted by atomic mass is 9.99. The van der Waals surface area contributed by atoms with Gasteiger partial charge in [-0.15, -0.1) is 0 Å². The topological polar surface area (TPSA) is 46.2 Å². The maximum atomic E-state index is 12.6. The van der Waals surface area contributed by atoms with E-state index in [9.17, 15) is 9.59 Å². The highest BCUT2D eigenvalue weighted by atomic mass is 16.1. The maximum absolute atomic E-state index is 12.6. The number of amides is 1. The van der Waals surface area contributed by atoms with Crippen molar-refractivity contribution in [2.75, 3.05) is 5.32 Å². The van der Waals surface area contributed by atoms with E-state index in [1.54, 1.807) is 0 Å². The predicted molar refractivity (Wildman–Crippen MR) is 89.6 cm³/mol. The number of nitrogens with one attached hydrogen (secondary N) is 1. The summed E-state index contributed by atoms with van der Waals surface area (Å²) in [5.41, 5.74) is 6.36. The number of aryl methyl sites for hydroxylation is 4. The van der Waals surface area contributed by atoms with E-state index in [1.807, 2.05) is 58.0 Å². The van der Waals surface area contributed by atoms with E-state index in [-0.39, 0.29) is 5.91 Å². The second-order valence-corrected chi connectivity index (χ2v) is 5.76. The fourth-order valence-electron chi connectivity index (χ4n) is 2.83. The van der Waals surface area contributed by atoms with Crippen molar-refractivity contribution in [3.05, 3.63) is 63.7 Å². The second kappa shape index (κ2) is 6.56. The molecule has 0 atom stereocenters. The van der Waals surface area contributed by atoms with E-state index in [0.717, 1.165) is 34.1 Å². The van der Waals surface area contributed by atoms with E-state index >= 15 is 0 Å². The highest BCUT2D eigenvalue weighted by molar-refractivity contribution is 6.06. The minimum absolute atomic E-state index is 0.133. The van der Waals surface area contributed by atoms with Gasteiger partial charge in [-0.2, -0.15) is 0 Å². The SMILES string of the molecule is Cc1cc(C)c(C(=O)Nc2ccc(C)cc2CC=O)c(C)c1. The first kappa shape index (κ1) is 16.0.